The van der Waals surface area contributed by atoms with Gasteiger partial charge in [-0.15, -0.1) is 10.2 Å². The molecular formula is C38H48N8O4. The van der Waals surface area contributed by atoms with Crippen molar-refractivity contribution in [2.24, 2.45) is 0 Å². The predicted octanol–water partition coefficient (Wildman–Crippen LogP) is 5.91. The fourth-order valence-corrected chi connectivity index (χ4v) is 5.52. The molecule has 0 saturated heterocycles. The second kappa shape index (κ2) is 14.0. The number of benzene rings is 1. The van der Waals surface area contributed by atoms with Crippen LogP contribution in [0.2, 0.25) is 0 Å². The molecule has 1 aliphatic carbocycles. The van der Waals surface area contributed by atoms with Gasteiger partial charge in [-0.05, 0) is 76.3 Å². The minimum atomic E-state index is -1.47. The highest BCUT2D eigenvalue weighted by atomic mass is 16.5. The summed E-state index contributed by atoms with van der Waals surface area (Å²) in [5.41, 5.74) is 1.05. The van der Waals surface area contributed by atoms with Crippen LogP contribution in [-0.2, 0) is 15.7 Å². The number of pyridine rings is 2. The lowest BCUT2D eigenvalue weighted by Crippen LogP contribution is -2.49. The second-order valence-corrected chi connectivity index (χ2v) is 14.8. The van der Waals surface area contributed by atoms with Gasteiger partial charge in [-0.3, -0.25) is 14.0 Å². The molecule has 1 aliphatic rings. The monoisotopic (exact) mass is 680 g/mol. The largest absolute Gasteiger partial charge is 0.480 e. The van der Waals surface area contributed by atoms with E-state index in [1.54, 1.807) is 24.3 Å². The van der Waals surface area contributed by atoms with E-state index >= 15 is 0 Å². The van der Waals surface area contributed by atoms with E-state index in [-0.39, 0.29) is 23.1 Å². The summed E-state index contributed by atoms with van der Waals surface area (Å²) >= 11 is 0. The first-order valence-electron chi connectivity index (χ1n) is 16.9. The van der Waals surface area contributed by atoms with Crippen LogP contribution >= 0.6 is 0 Å². The van der Waals surface area contributed by atoms with Crippen molar-refractivity contribution in [3.05, 3.63) is 95.2 Å². The molecule has 50 heavy (non-hydrogen) atoms. The molecule has 264 valence electrons. The number of urea groups is 1. The summed E-state index contributed by atoms with van der Waals surface area (Å²) in [4.78, 5) is 46.4. The third-order valence-electron chi connectivity index (χ3n) is 9.45. The normalized spacial score (nSPS) is 18.0. The topological polar surface area (TPSA) is 143 Å². The Hall–Kier alpha value is -5.10. The number of carbonyl (C=O) groups excluding carboxylic acids is 3. The minimum Gasteiger partial charge on any atom is -0.480 e. The standard InChI is InChI=1S/C38H48N8O4/c1-10-24(2)33-44-43-32-16-15-26(21-46(32)33)50-30-17-18-38(23-47,28-14-12-11-13-27(28)30)42-35(49)40-25-19-29(41-31(20-25)36(3,4)5)34(48)39-22-37(6,7)45(8)9/h11-21,23-24,30H,10,22H2,1-9H3,(H,39,48)(H2,40,41,42,49)/t24-,30+,38+/m0/s1. The highest BCUT2D eigenvalue weighted by Crippen LogP contribution is 2.37. The van der Waals surface area contributed by atoms with Crippen LogP contribution in [0.5, 0.6) is 5.75 Å². The number of hydrogen-bond acceptors (Lipinski definition) is 8. The summed E-state index contributed by atoms with van der Waals surface area (Å²) in [6, 6.07) is 13.7. The number of hydrogen-bond donors (Lipinski definition) is 3. The highest BCUT2D eigenvalue weighted by molar-refractivity contribution is 5.97. The van der Waals surface area contributed by atoms with Gasteiger partial charge in [-0.1, -0.05) is 58.9 Å². The van der Waals surface area contributed by atoms with Crippen LogP contribution in [0, 0.1) is 0 Å². The Labute approximate surface area is 293 Å². The first-order valence-corrected chi connectivity index (χ1v) is 16.9. The smallest absolute Gasteiger partial charge is 0.320 e. The molecule has 1 aromatic carbocycles. The highest BCUT2D eigenvalue weighted by Gasteiger charge is 2.38. The Balaban J connectivity index is 1.38. The van der Waals surface area contributed by atoms with E-state index in [4.69, 9.17) is 4.74 Å². The number of carbonyl (C=O) groups is 3. The minimum absolute atomic E-state index is 0.177. The lowest BCUT2D eigenvalue weighted by molar-refractivity contribution is -0.111. The molecule has 12 nitrogen and oxygen atoms in total. The predicted molar refractivity (Wildman–Crippen MR) is 194 cm³/mol. The quantitative estimate of drug-likeness (QED) is 0.131. The number of likely N-dealkylation sites (N-methyl/N-ethyl adjacent to an activating group) is 1. The molecule has 0 spiro atoms. The number of amides is 3. The number of ether oxygens (including phenoxy) is 1. The first kappa shape index (κ1) is 36.2. The molecule has 0 fully saturated rings. The molecule has 3 N–H and O–H groups in total. The lowest BCUT2D eigenvalue weighted by Gasteiger charge is -2.34. The number of nitrogens with zero attached hydrogens (tertiary/aromatic N) is 5. The number of rotatable bonds is 11. The molecule has 12 heteroatoms. The van der Waals surface area contributed by atoms with Crippen molar-refractivity contribution >= 4 is 29.6 Å². The van der Waals surface area contributed by atoms with E-state index in [1.165, 1.54) is 6.07 Å². The Morgan fingerprint density at radius 2 is 1.82 bits per heavy atom. The van der Waals surface area contributed by atoms with Gasteiger partial charge in [-0.2, -0.15) is 0 Å². The summed E-state index contributed by atoms with van der Waals surface area (Å²) in [5.74, 6) is 1.33. The Bertz CT molecular complexity index is 1930. The van der Waals surface area contributed by atoms with Crippen LogP contribution in [0.15, 0.2) is 66.9 Å². The molecule has 5 rings (SSSR count). The van der Waals surface area contributed by atoms with Crippen LogP contribution in [0.3, 0.4) is 0 Å². The second-order valence-electron chi connectivity index (χ2n) is 14.8. The van der Waals surface area contributed by atoms with E-state index in [2.05, 4.69) is 45.0 Å². The van der Waals surface area contributed by atoms with Gasteiger partial charge < -0.3 is 25.6 Å². The average Bonchev–Trinajstić information content (AvgIpc) is 3.50. The van der Waals surface area contributed by atoms with Gasteiger partial charge in [0.25, 0.3) is 5.91 Å². The summed E-state index contributed by atoms with van der Waals surface area (Å²) in [7, 11) is 3.90. The van der Waals surface area contributed by atoms with Gasteiger partial charge in [0.2, 0.25) is 0 Å². The summed E-state index contributed by atoms with van der Waals surface area (Å²) < 4.78 is 8.38. The van der Waals surface area contributed by atoms with Crippen molar-refractivity contribution in [3.63, 3.8) is 0 Å². The Kier molecular flexibility index (Phi) is 10.2. The number of aromatic nitrogens is 4. The van der Waals surface area contributed by atoms with Gasteiger partial charge >= 0.3 is 6.03 Å². The van der Waals surface area contributed by atoms with Gasteiger partial charge in [0.15, 0.2) is 11.9 Å². The van der Waals surface area contributed by atoms with Crippen molar-refractivity contribution in [1.82, 2.24) is 35.1 Å². The average molecular weight is 681 g/mol. The maximum Gasteiger partial charge on any atom is 0.320 e. The fraction of sp³-hybridized carbons (Fsp3) is 0.421. The van der Waals surface area contributed by atoms with E-state index in [1.807, 2.05) is 94.5 Å². The maximum absolute atomic E-state index is 13.6. The van der Waals surface area contributed by atoms with Crippen molar-refractivity contribution in [3.8, 4) is 5.75 Å². The molecule has 3 aromatic heterocycles. The summed E-state index contributed by atoms with van der Waals surface area (Å²) in [5, 5.41) is 17.3. The Morgan fingerprint density at radius 3 is 2.50 bits per heavy atom. The van der Waals surface area contributed by atoms with Gasteiger partial charge in [-0.25, -0.2) is 9.78 Å². The van der Waals surface area contributed by atoms with Gasteiger partial charge in [0.05, 0.1) is 6.20 Å². The van der Waals surface area contributed by atoms with Crippen LogP contribution < -0.4 is 20.7 Å². The van der Waals surface area contributed by atoms with Gasteiger partial charge in [0, 0.05) is 40.4 Å². The molecule has 0 bridgehead atoms. The lowest BCUT2D eigenvalue weighted by atomic mass is 9.81. The zero-order valence-corrected chi connectivity index (χ0v) is 30.4. The Morgan fingerprint density at radius 1 is 1.08 bits per heavy atom. The third-order valence-corrected chi connectivity index (χ3v) is 9.45. The molecular weight excluding hydrogens is 632 g/mol. The molecule has 0 aliphatic heterocycles. The first-order chi connectivity index (χ1) is 23.6. The molecule has 4 aromatic rings. The molecule has 3 heterocycles. The summed E-state index contributed by atoms with van der Waals surface area (Å²) in [6.45, 7) is 14.6. The zero-order chi connectivity index (χ0) is 36.4. The van der Waals surface area contributed by atoms with E-state index < -0.39 is 23.1 Å². The molecule has 0 radical (unpaired) electrons. The van der Waals surface area contributed by atoms with Crippen LogP contribution in [-0.4, -0.2) is 68.9 Å². The fourth-order valence-electron chi connectivity index (χ4n) is 5.52. The van der Waals surface area contributed by atoms with Crippen molar-refractivity contribution in [2.75, 3.05) is 26.0 Å². The van der Waals surface area contributed by atoms with Crippen LogP contribution in [0.1, 0.15) is 100 Å². The number of anilines is 1. The molecule has 0 unspecified atom stereocenters. The third kappa shape index (κ3) is 7.55. The van der Waals surface area contributed by atoms with E-state index in [0.717, 1.165) is 23.5 Å². The van der Waals surface area contributed by atoms with Crippen molar-refractivity contribution < 1.29 is 19.1 Å². The number of aldehydes is 1. The SMILES string of the molecule is CC[C@H](C)c1nnc2ccc(O[C@@H]3C=C[C@](C=O)(NC(=O)Nc4cc(C(=O)NCC(C)(C)N(C)C)nc(C(C)(C)C)c4)c4ccccc43)cn12. The molecule has 3 atom stereocenters. The van der Waals surface area contributed by atoms with Crippen LogP contribution in [0.4, 0.5) is 10.5 Å². The molecule has 3 amide bonds. The van der Waals surface area contributed by atoms with Crippen molar-refractivity contribution in [1.29, 1.82) is 0 Å². The van der Waals surface area contributed by atoms with E-state index in [0.29, 0.717) is 35.5 Å². The maximum atomic E-state index is 13.6. The van der Waals surface area contributed by atoms with Gasteiger partial charge in [0.1, 0.15) is 28.9 Å². The molecule has 0 saturated carbocycles. The summed E-state index contributed by atoms with van der Waals surface area (Å²) in [6.07, 6.45) is 6.39. The number of fused-ring (bicyclic) bond motifs is 2. The van der Waals surface area contributed by atoms with Crippen LogP contribution in [0.25, 0.3) is 5.65 Å². The van der Waals surface area contributed by atoms with E-state index in [9.17, 15) is 14.4 Å². The number of nitrogens with one attached hydrogen (secondary N) is 3. The zero-order valence-electron chi connectivity index (χ0n) is 30.4. The van der Waals surface area contributed by atoms with Crippen molar-refractivity contribution in [2.45, 2.75) is 83.4 Å².